The fourth-order valence-electron chi connectivity index (χ4n) is 2.34. The van der Waals surface area contributed by atoms with Gasteiger partial charge in [-0.25, -0.2) is 0 Å². The summed E-state index contributed by atoms with van der Waals surface area (Å²) in [5.74, 6) is -1.43. The highest BCUT2D eigenvalue weighted by atomic mass is 16.6. The van der Waals surface area contributed by atoms with Crippen LogP contribution in [0.25, 0.3) is 10.8 Å². The summed E-state index contributed by atoms with van der Waals surface area (Å²) in [6, 6.07) is 8.45. The predicted molar refractivity (Wildman–Crippen MR) is 63.4 cm³/mol. The Hall–Kier alpha value is -2.56. The first kappa shape index (κ1) is 10.6. The van der Waals surface area contributed by atoms with Crippen molar-refractivity contribution < 1.29 is 14.5 Å². The Bertz CT molecular complexity index is 720. The topological polar surface area (TPSA) is 77.3 Å². The molecule has 0 unspecified atom stereocenters. The predicted octanol–water partition coefficient (Wildman–Crippen LogP) is 1.86. The van der Waals surface area contributed by atoms with Crippen molar-refractivity contribution in [2.75, 3.05) is 0 Å². The van der Waals surface area contributed by atoms with E-state index >= 15 is 0 Å². The van der Waals surface area contributed by atoms with Crippen molar-refractivity contribution in [3.8, 4) is 0 Å². The molecule has 2 aromatic carbocycles. The summed E-state index contributed by atoms with van der Waals surface area (Å²) in [6.07, 6.45) is 0. The number of Topliss-reactive ketones (excluding diaryl/α,β-unsaturated/α-hetero) is 2. The SMILES string of the molecule is O=C1c2ccc3ccccc3c2C(=O)[C@H]1[N+](=O)[O-]. The minimum atomic E-state index is -1.77. The fraction of sp³-hybridized carbons (Fsp3) is 0.0769. The molecule has 0 aliphatic heterocycles. The van der Waals surface area contributed by atoms with Crippen LogP contribution in [0.1, 0.15) is 20.7 Å². The average Bonchev–Trinajstić information content (AvgIpc) is 2.62. The van der Waals surface area contributed by atoms with Crippen LogP contribution in [0.4, 0.5) is 0 Å². The van der Waals surface area contributed by atoms with Gasteiger partial charge in [-0.2, -0.15) is 0 Å². The number of carbonyl (C=O) groups excluding carboxylic acids is 2. The lowest BCUT2D eigenvalue weighted by atomic mass is 10.0. The monoisotopic (exact) mass is 241 g/mol. The minimum absolute atomic E-state index is 0.153. The molecule has 0 amide bonds. The number of rotatable bonds is 1. The van der Waals surface area contributed by atoms with Crippen LogP contribution in [0.3, 0.4) is 0 Å². The normalized spacial score (nSPS) is 18.1. The van der Waals surface area contributed by atoms with Gasteiger partial charge >= 0.3 is 6.04 Å². The van der Waals surface area contributed by atoms with Crippen molar-refractivity contribution in [2.45, 2.75) is 6.04 Å². The van der Waals surface area contributed by atoms with Gasteiger partial charge in [0.2, 0.25) is 11.6 Å². The van der Waals surface area contributed by atoms with Crippen LogP contribution in [0.15, 0.2) is 36.4 Å². The zero-order valence-corrected chi connectivity index (χ0v) is 9.12. The van der Waals surface area contributed by atoms with Gasteiger partial charge in [-0.1, -0.05) is 30.3 Å². The van der Waals surface area contributed by atoms with Crippen LogP contribution in [0.5, 0.6) is 0 Å². The van der Waals surface area contributed by atoms with Gasteiger partial charge in [-0.05, 0) is 16.8 Å². The highest BCUT2D eigenvalue weighted by Crippen LogP contribution is 2.30. The number of fused-ring (bicyclic) bond motifs is 3. The van der Waals surface area contributed by atoms with Gasteiger partial charge in [-0.15, -0.1) is 0 Å². The summed E-state index contributed by atoms with van der Waals surface area (Å²) in [4.78, 5) is 33.8. The minimum Gasteiger partial charge on any atom is -0.286 e. The van der Waals surface area contributed by atoms with Crippen molar-refractivity contribution in [3.63, 3.8) is 0 Å². The number of nitro groups is 1. The number of carbonyl (C=O) groups is 2. The summed E-state index contributed by atoms with van der Waals surface area (Å²) in [6.45, 7) is 0. The second kappa shape index (κ2) is 3.46. The highest BCUT2D eigenvalue weighted by Gasteiger charge is 2.48. The third kappa shape index (κ3) is 1.21. The highest BCUT2D eigenvalue weighted by molar-refractivity contribution is 6.32. The van der Waals surface area contributed by atoms with Crippen LogP contribution in [0, 0.1) is 10.1 Å². The van der Waals surface area contributed by atoms with Gasteiger partial charge in [0.15, 0.2) is 0 Å². The number of hydrogen-bond acceptors (Lipinski definition) is 4. The van der Waals surface area contributed by atoms with Gasteiger partial charge in [0.05, 0.1) is 0 Å². The van der Waals surface area contributed by atoms with E-state index in [4.69, 9.17) is 0 Å². The molecule has 0 radical (unpaired) electrons. The standard InChI is InChI=1S/C13H7NO4/c15-12-9-6-5-7-3-1-2-4-8(7)10(9)13(16)11(12)14(17)18/h1-6,11H/t11-/m0/s1. The molecule has 88 valence electrons. The summed E-state index contributed by atoms with van der Waals surface area (Å²) in [7, 11) is 0. The molecule has 5 nitrogen and oxygen atoms in total. The summed E-state index contributed by atoms with van der Waals surface area (Å²) in [5.41, 5.74) is 0.334. The van der Waals surface area contributed by atoms with E-state index in [0.717, 1.165) is 5.39 Å². The average molecular weight is 241 g/mol. The van der Waals surface area contributed by atoms with E-state index in [9.17, 15) is 19.7 Å². The molecule has 18 heavy (non-hydrogen) atoms. The molecule has 0 fully saturated rings. The van der Waals surface area contributed by atoms with E-state index in [0.29, 0.717) is 5.39 Å². The van der Waals surface area contributed by atoms with E-state index in [1.165, 1.54) is 6.07 Å². The van der Waals surface area contributed by atoms with E-state index in [1.807, 2.05) is 0 Å². The van der Waals surface area contributed by atoms with Crippen molar-refractivity contribution >= 4 is 22.3 Å². The van der Waals surface area contributed by atoms with Crippen LogP contribution >= 0.6 is 0 Å². The molecular formula is C13H7NO4. The zero-order valence-electron chi connectivity index (χ0n) is 9.12. The van der Waals surface area contributed by atoms with Gasteiger partial charge in [0.1, 0.15) is 0 Å². The molecule has 0 spiro atoms. The summed E-state index contributed by atoms with van der Waals surface area (Å²) < 4.78 is 0. The maximum absolute atomic E-state index is 12.0. The molecular weight excluding hydrogens is 234 g/mol. The van der Waals surface area contributed by atoms with Crippen LogP contribution < -0.4 is 0 Å². The number of hydrogen-bond donors (Lipinski definition) is 0. The molecule has 3 rings (SSSR count). The first-order valence-electron chi connectivity index (χ1n) is 5.35. The number of nitrogens with zero attached hydrogens (tertiary/aromatic N) is 1. The Labute approximate surface area is 101 Å². The van der Waals surface area contributed by atoms with Crippen LogP contribution in [0.2, 0.25) is 0 Å². The Morgan fingerprint density at radius 3 is 2.44 bits per heavy atom. The van der Waals surface area contributed by atoms with Crippen LogP contribution in [-0.2, 0) is 0 Å². The number of benzene rings is 2. The molecule has 0 bridgehead atoms. The van der Waals surface area contributed by atoms with Gasteiger partial charge in [-0.3, -0.25) is 19.7 Å². The molecule has 1 atom stereocenters. The third-order valence-electron chi connectivity index (χ3n) is 3.15. The van der Waals surface area contributed by atoms with Gasteiger partial charge in [0.25, 0.3) is 0 Å². The molecule has 0 heterocycles. The van der Waals surface area contributed by atoms with E-state index in [1.54, 1.807) is 30.3 Å². The lowest BCUT2D eigenvalue weighted by molar-refractivity contribution is -0.488. The van der Waals surface area contributed by atoms with Crippen LogP contribution in [-0.4, -0.2) is 22.5 Å². The Balaban J connectivity index is 2.36. The molecule has 0 saturated carbocycles. The summed E-state index contributed by atoms with van der Waals surface area (Å²) >= 11 is 0. The lowest BCUT2D eigenvalue weighted by Gasteiger charge is -2.01. The van der Waals surface area contributed by atoms with Crippen molar-refractivity contribution in [3.05, 3.63) is 57.6 Å². The quantitative estimate of drug-likeness (QED) is 0.433. The molecule has 5 heteroatoms. The zero-order chi connectivity index (χ0) is 12.9. The Morgan fingerprint density at radius 2 is 1.72 bits per heavy atom. The lowest BCUT2D eigenvalue weighted by Crippen LogP contribution is -2.31. The number of ketones is 2. The molecule has 0 saturated heterocycles. The first-order chi connectivity index (χ1) is 8.61. The molecule has 2 aromatic rings. The third-order valence-corrected chi connectivity index (χ3v) is 3.15. The molecule has 0 aromatic heterocycles. The van der Waals surface area contributed by atoms with Gasteiger partial charge in [0, 0.05) is 16.1 Å². The molecule has 1 aliphatic rings. The second-order valence-corrected chi connectivity index (χ2v) is 4.13. The molecule has 1 aliphatic carbocycles. The van der Waals surface area contributed by atoms with Crippen molar-refractivity contribution in [1.29, 1.82) is 0 Å². The maximum Gasteiger partial charge on any atom is 0.336 e. The fourth-order valence-corrected chi connectivity index (χ4v) is 2.34. The smallest absolute Gasteiger partial charge is 0.286 e. The largest absolute Gasteiger partial charge is 0.336 e. The van der Waals surface area contributed by atoms with Crippen molar-refractivity contribution in [1.82, 2.24) is 0 Å². The second-order valence-electron chi connectivity index (χ2n) is 4.13. The molecule has 0 N–H and O–H groups in total. The maximum atomic E-state index is 12.0. The van der Waals surface area contributed by atoms with Gasteiger partial charge < -0.3 is 0 Å². The van der Waals surface area contributed by atoms with Crippen molar-refractivity contribution in [2.24, 2.45) is 0 Å². The Morgan fingerprint density at radius 1 is 1.00 bits per heavy atom. The van der Waals surface area contributed by atoms with E-state index in [2.05, 4.69) is 0 Å². The van der Waals surface area contributed by atoms with E-state index in [-0.39, 0.29) is 11.1 Å². The Kier molecular flexibility index (Phi) is 2.04. The van der Waals surface area contributed by atoms with E-state index < -0.39 is 22.5 Å². The first-order valence-corrected chi connectivity index (χ1v) is 5.35. The summed E-state index contributed by atoms with van der Waals surface area (Å²) in [5, 5.41) is 12.2.